The number of hydrogen-bond donors (Lipinski definition) is 0. The fraction of sp³-hybridized carbons (Fsp3) is 0.312. The molecule has 1 aliphatic rings. The molecule has 0 radical (unpaired) electrons. The average Bonchev–Trinajstić information content (AvgIpc) is 3.07. The largest absolute Gasteiger partial charge is 0.335 e. The van der Waals surface area contributed by atoms with E-state index in [0.29, 0.717) is 6.04 Å². The quantitative estimate of drug-likeness (QED) is 0.788. The topological polar surface area (TPSA) is 20.3 Å². The Morgan fingerprint density at radius 2 is 2.20 bits per heavy atom. The summed E-state index contributed by atoms with van der Waals surface area (Å²) in [5.41, 5.74) is 1.07. The molecule has 0 unspecified atom stereocenters. The summed E-state index contributed by atoms with van der Waals surface area (Å²) < 4.78 is 0. The predicted octanol–water partition coefficient (Wildman–Crippen LogP) is 4.69. The Morgan fingerprint density at radius 1 is 1.35 bits per heavy atom. The molecule has 1 aromatic carbocycles. The second kappa shape index (κ2) is 5.58. The number of rotatable bonds is 2. The zero-order valence-electron chi connectivity index (χ0n) is 11.3. The summed E-state index contributed by atoms with van der Waals surface area (Å²) in [7, 11) is 0. The monoisotopic (exact) mass is 305 g/mol. The van der Waals surface area contributed by atoms with E-state index in [0.717, 1.165) is 39.7 Å². The van der Waals surface area contributed by atoms with Gasteiger partial charge in [-0.3, -0.25) is 4.79 Å². The van der Waals surface area contributed by atoms with Crippen molar-refractivity contribution in [1.82, 2.24) is 4.90 Å². The number of likely N-dealkylation sites (tertiary alicyclic amines) is 1. The summed E-state index contributed by atoms with van der Waals surface area (Å²) in [6, 6.07) is 12.0. The van der Waals surface area contributed by atoms with Crippen molar-refractivity contribution < 1.29 is 4.79 Å². The van der Waals surface area contributed by atoms with Crippen LogP contribution < -0.4 is 0 Å². The molecule has 1 atom stereocenters. The van der Waals surface area contributed by atoms with Crippen LogP contribution in [0.4, 0.5) is 0 Å². The van der Waals surface area contributed by atoms with Crippen LogP contribution in [-0.4, -0.2) is 23.4 Å². The van der Waals surface area contributed by atoms with Gasteiger partial charge in [-0.25, -0.2) is 0 Å². The van der Waals surface area contributed by atoms with Crippen LogP contribution in [0, 0.1) is 0 Å². The zero-order valence-corrected chi connectivity index (χ0v) is 12.9. The van der Waals surface area contributed by atoms with Gasteiger partial charge in [0.05, 0.1) is 4.88 Å². The Kier molecular flexibility index (Phi) is 3.81. The van der Waals surface area contributed by atoms with E-state index in [1.165, 1.54) is 0 Å². The minimum Gasteiger partial charge on any atom is -0.335 e. The third-order valence-corrected chi connectivity index (χ3v) is 5.10. The van der Waals surface area contributed by atoms with E-state index in [9.17, 15) is 4.79 Å². The predicted molar refractivity (Wildman–Crippen MR) is 84.5 cm³/mol. The smallest absolute Gasteiger partial charge is 0.264 e. The van der Waals surface area contributed by atoms with Gasteiger partial charge in [0.2, 0.25) is 0 Å². The molecule has 0 aliphatic carbocycles. The SMILES string of the molecule is C[C@@H]1CCCN1C(=O)c1ccc(-c2cccc(Cl)c2)s1. The van der Waals surface area contributed by atoms with Crippen molar-refractivity contribution in [2.75, 3.05) is 6.54 Å². The van der Waals surface area contributed by atoms with Crippen LogP contribution in [0.25, 0.3) is 10.4 Å². The zero-order chi connectivity index (χ0) is 14.1. The summed E-state index contributed by atoms with van der Waals surface area (Å²) in [6.45, 7) is 3.00. The van der Waals surface area contributed by atoms with Gasteiger partial charge in [0.15, 0.2) is 0 Å². The second-order valence-corrected chi connectivity index (χ2v) is 6.68. The van der Waals surface area contributed by atoms with Gasteiger partial charge < -0.3 is 4.90 Å². The molecule has 3 rings (SSSR count). The van der Waals surface area contributed by atoms with E-state index in [1.807, 2.05) is 41.3 Å². The molecule has 2 aromatic rings. The third kappa shape index (κ3) is 2.60. The normalized spacial score (nSPS) is 18.5. The number of carbonyl (C=O) groups excluding carboxylic acids is 1. The highest BCUT2D eigenvalue weighted by atomic mass is 35.5. The summed E-state index contributed by atoms with van der Waals surface area (Å²) >= 11 is 7.56. The molecule has 104 valence electrons. The maximum atomic E-state index is 12.5. The minimum absolute atomic E-state index is 0.160. The summed E-state index contributed by atoms with van der Waals surface area (Å²) in [6.07, 6.45) is 2.22. The van der Waals surface area contributed by atoms with Crippen LogP contribution in [-0.2, 0) is 0 Å². The number of nitrogens with zero attached hydrogens (tertiary/aromatic N) is 1. The van der Waals surface area contributed by atoms with Crippen molar-refractivity contribution in [3.05, 3.63) is 46.3 Å². The molecule has 1 fully saturated rings. The van der Waals surface area contributed by atoms with Crippen molar-refractivity contribution in [3.63, 3.8) is 0 Å². The molecule has 1 saturated heterocycles. The lowest BCUT2D eigenvalue weighted by atomic mass is 10.2. The molecule has 0 saturated carbocycles. The number of benzene rings is 1. The first kappa shape index (κ1) is 13.7. The fourth-order valence-electron chi connectivity index (χ4n) is 2.63. The van der Waals surface area contributed by atoms with Gasteiger partial charge in [-0.15, -0.1) is 11.3 Å². The van der Waals surface area contributed by atoms with Crippen molar-refractivity contribution in [2.45, 2.75) is 25.8 Å². The number of carbonyl (C=O) groups is 1. The maximum Gasteiger partial charge on any atom is 0.264 e. The summed E-state index contributed by atoms with van der Waals surface area (Å²) in [5, 5.41) is 0.719. The number of halogens is 1. The van der Waals surface area contributed by atoms with E-state index >= 15 is 0 Å². The van der Waals surface area contributed by atoms with Gasteiger partial charge in [0.25, 0.3) is 5.91 Å². The van der Waals surface area contributed by atoms with Crippen LogP contribution in [0.1, 0.15) is 29.4 Å². The van der Waals surface area contributed by atoms with Crippen LogP contribution in [0.2, 0.25) is 5.02 Å². The highest BCUT2D eigenvalue weighted by molar-refractivity contribution is 7.17. The van der Waals surface area contributed by atoms with Gasteiger partial charge in [0, 0.05) is 22.5 Å². The molecular formula is C16H16ClNOS. The molecule has 0 spiro atoms. The van der Waals surface area contributed by atoms with Crippen molar-refractivity contribution in [2.24, 2.45) is 0 Å². The average molecular weight is 306 g/mol. The Morgan fingerprint density at radius 3 is 2.90 bits per heavy atom. The van der Waals surface area contributed by atoms with Gasteiger partial charge >= 0.3 is 0 Å². The summed E-state index contributed by atoms with van der Waals surface area (Å²) in [5.74, 6) is 0.160. The van der Waals surface area contributed by atoms with Crippen LogP contribution in [0.3, 0.4) is 0 Å². The Bertz CT molecular complexity index is 637. The second-order valence-electron chi connectivity index (χ2n) is 5.16. The third-order valence-electron chi connectivity index (χ3n) is 3.74. The molecule has 20 heavy (non-hydrogen) atoms. The Hall–Kier alpha value is -1.32. The molecule has 2 nitrogen and oxygen atoms in total. The van der Waals surface area contributed by atoms with Crippen molar-refractivity contribution in [1.29, 1.82) is 0 Å². The van der Waals surface area contributed by atoms with E-state index in [4.69, 9.17) is 11.6 Å². The number of amides is 1. The molecule has 1 amide bonds. The minimum atomic E-state index is 0.160. The molecule has 4 heteroatoms. The molecule has 1 aliphatic heterocycles. The van der Waals surface area contributed by atoms with E-state index < -0.39 is 0 Å². The maximum absolute atomic E-state index is 12.5. The van der Waals surface area contributed by atoms with Crippen LogP contribution >= 0.6 is 22.9 Å². The molecule has 0 N–H and O–H groups in total. The first-order chi connectivity index (χ1) is 9.65. The molecule has 0 bridgehead atoms. The van der Waals surface area contributed by atoms with Gasteiger partial charge in [-0.2, -0.15) is 0 Å². The number of hydrogen-bond acceptors (Lipinski definition) is 2. The lowest BCUT2D eigenvalue weighted by molar-refractivity contribution is 0.0752. The lowest BCUT2D eigenvalue weighted by Crippen LogP contribution is -2.32. The Balaban J connectivity index is 1.85. The molecular weight excluding hydrogens is 290 g/mol. The van der Waals surface area contributed by atoms with E-state index in [-0.39, 0.29) is 5.91 Å². The molecule has 1 aromatic heterocycles. The van der Waals surface area contributed by atoms with E-state index in [2.05, 4.69) is 6.92 Å². The molecule has 2 heterocycles. The van der Waals surface area contributed by atoms with Crippen molar-refractivity contribution in [3.8, 4) is 10.4 Å². The standard InChI is InChI=1S/C16H16ClNOS/c1-11-4-3-9-18(11)16(19)15-8-7-14(20-15)12-5-2-6-13(17)10-12/h2,5-8,10-11H,3-4,9H2,1H3/t11-/m1/s1. The highest BCUT2D eigenvalue weighted by Gasteiger charge is 2.26. The first-order valence-electron chi connectivity index (χ1n) is 6.82. The van der Waals surface area contributed by atoms with Crippen LogP contribution in [0.5, 0.6) is 0 Å². The number of thiophene rings is 1. The van der Waals surface area contributed by atoms with Crippen molar-refractivity contribution >= 4 is 28.8 Å². The fourth-order valence-corrected chi connectivity index (χ4v) is 3.77. The highest BCUT2D eigenvalue weighted by Crippen LogP contribution is 2.31. The summed E-state index contributed by atoms with van der Waals surface area (Å²) in [4.78, 5) is 16.4. The first-order valence-corrected chi connectivity index (χ1v) is 8.01. The van der Waals surface area contributed by atoms with Gasteiger partial charge in [-0.1, -0.05) is 23.7 Å². The van der Waals surface area contributed by atoms with Gasteiger partial charge in [0.1, 0.15) is 0 Å². The lowest BCUT2D eigenvalue weighted by Gasteiger charge is -2.20. The Labute approximate surface area is 128 Å². The van der Waals surface area contributed by atoms with Crippen LogP contribution in [0.15, 0.2) is 36.4 Å². The van der Waals surface area contributed by atoms with Gasteiger partial charge in [-0.05, 0) is 49.6 Å². The van der Waals surface area contributed by atoms with E-state index in [1.54, 1.807) is 11.3 Å².